The molecule has 1 heterocycles. The average Bonchev–Trinajstić information content (AvgIpc) is 3.18. The van der Waals surface area contributed by atoms with Crippen molar-refractivity contribution in [3.63, 3.8) is 0 Å². The van der Waals surface area contributed by atoms with E-state index in [9.17, 15) is 9.59 Å². The van der Waals surface area contributed by atoms with Gasteiger partial charge in [-0.1, -0.05) is 83.2 Å². The first-order valence-corrected chi connectivity index (χ1v) is 13.3. The van der Waals surface area contributed by atoms with Crippen LogP contribution >= 0.6 is 0 Å². The SMILES string of the molecule is C=C/C=C\C=C/C.CC.CCCCn1nc(CCc2ccc(OC(C)(C)C(=O)O)cc2)n(CCC)c1=O. The Labute approximate surface area is 223 Å². The Balaban J connectivity index is 0.00000124. The third-order valence-corrected chi connectivity index (χ3v) is 5.17. The maximum Gasteiger partial charge on any atom is 0.347 e. The molecule has 7 heteroatoms. The molecule has 37 heavy (non-hydrogen) atoms. The number of aromatic nitrogens is 3. The topological polar surface area (TPSA) is 86.3 Å². The molecule has 0 saturated carbocycles. The third-order valence-electron chi connectivity index (χ3n) is 5.17. The van der Waals surface area contributed by atoms with Gasteiger partial charge in [0.25, 0.3) is 0 Å². The minimum absolute atomic E-state index is 0.0232. The van der Waals surface area contributed by atoms with Gasteiger partial charge >= 0.3 is 11.7 Å². The molecule has 0 fully saturated rings. The van der Waals surface area contributed by atoms with Crippen molar-refractivity contribution >= 4 is 5.97 Å². The van der Waals surface area contributed by atoms with E-state index in [1.165, 1.54) is 13.8 Å². The number of ether oxygens (including phenoxy) is 1. The van der Waals surface area contributed by atoms with Crippen LogP contribution in [-0.2, 0) is 30.7 Å². The quantitative estimate of drug-likeness (QED) is 0.304. The number of unbranched alkanes of at least 4 members (excludes halogenated alkanes) is 1. The lowest BCUT2D eigenvalue weighted by molar-refractivity contribution is -0.152. The summed E-state index contributed by atoms with van der Waals surface area (Å²) >= 11 is 0. The molecule has 1 aromatic heterocycles. The van der Waals surface area contributed by atoms with Crippen LogP contribution in [0.15, 0.2) is 66.0 Å². The molecule has 2 rings (SSSR count). The van der Waals surface area contributed by atoms with Gasteiger partial charge in [0.05, 0.1) is 0 Å². The second-order valence-electron chi connectivity index (χ2n) is 8.63. The van der Waals surface area contributed by atoms with Gasteiger partial charge in [0.15, 0.2) is 5.60 Å². The number of carbonyl (C=O) groups is 1. The molecular weight excluding hydrogens is 466 g/mol. The fourth-order valence-corrected chi connectivity index (χ4v) is 3.15. The summed E-state index contributed by atoms with van der Waals surface area (Å²) in [5.74, 6) is 0.322. The van der Waals surface area contributed by atoms with E-state index in [0.717, 1.165) is 37.1 Å². The molecule has 0 bridgehead atoms. The van der Waals surface area contributed by atoms with E-state index < -0.39 is 11.6 Å². The average molecular weight is 514 g/mol. The molecule has 0 spiro atoms. The predicted octanol–water partition coefficient (Wildman–Crippen LogP) is 6.61. The molecule has 0 aliphatic rings. The lowest BCUT2D eigenvalue weighted by Crippen LogP contribution is -2.37. The number of carboxylic acid groups (broad SMARTS) is 1. The molecule has 1 aromatic carbocycles. The van der Waals surface area contributed by atoms with Crippen molar-refractivity contribution in [1.82, 2.24) is 14.3 Å². The number of aryl methyl sites for hydroxylation is 3. The molecule has 0 unspecified atom stereocenters. The summed E-state index contributed by atoms with van der Waals surface area (Å²) in [6.07, 6.45) is 13.8. The van der Waals surface area contributed by atoms with E-state index in [1.807, 2.05) is 57.2 Å². The number of hydrogen-bond acceptors (Lipinski definition) is 4. The first-order chi connectivity index (χ1) is 17.7. The van der Waals surface area contributed by atoms with Gasteiger partial charge in [0.1, 0.15) is 11.6 Å². The lowest BCUT2D eigenvalue weighted by atomic mass is 10.1. The van der Waals surface area contributed by atoms with Crippen molar-refractivity contribution < 1.29 is 14.6 Å². The highest BCUT2D eigenvalue weighted by molar-refractivity contribution is 5.76. The van der Waals surface area contributed by atoms with Crippen molar-refractivity contribution in [1.29, 1.82) is 0 Å². The molecule has 0 aliphatic heterocycles. The van der Waals surface area contributed by atoms with Gasteiger partial charge in [-0.05, 0) is 57.7 Å². The second kappa shape index (κ2) is 18.9. The highest BCUT2D eigenvalue weighted by Crippen LogP contribution is 2.20. The zero-order valence-corrected chi connectivity index (χ0v) is 23.9. The number of nitrogens with zero attached hydrogens (tertiary/aromatic N) is 3. The van der Waals surface area contributed by atoms with Crippen LogP contribution in [0.2, 0.25) is 0 Å². The molecule has 2 aromatic rings. The second-order valence-corrected chi connectivity index (χ2v) is 8.63. The van der Waals surface area contributed by atoms with Crippen LogP contribution in [0.3, 0.4) is 0 Å². The van der Waals surface area contributed by atoms with Gasteiger partial charge < -0.3 is 9.84 Å². The Hall–Kier alpha value is -3.35. The summed E-state index contributed by atoms with van der Waals surface area (Å²) in [5, 5.41) is 13.7. The summed E-state index contributed by atoms with van der Waals surface area (Å²) in [5.41, 5.74) is -0.215. The number of aliphatic carboxylic acids is 1. The van der Waals surface area contributed by atoms with E-state index in [0.29, 0.717) is 25.3 Å². The number of benzene rings is 1. The standard InChI is InChI=1S/C21H31N3O4.C7H10.C2H6/c1-5-7-15-24-20(27)23(14-6-2)18(22-24)13-10-16-8-11-17(12-9-16)28-21(3,4)19(25)26;1-3-5-7-6-4-2;1-2/h8-9,11-12H,5-7,10,13-15H2,1-4H3,(H,25,26);3-7H,1H2,2H3;1-2H3/b;6-4-,7-5-;. The summed E-state index contributed by atoms with van der Waals surface area (Å²) in [6, 6.07) is 7.39. The van der Waals surface area contributed by atoms with Crippen LogP contribution in [0, 0.1) is 0 Å². The Morgan fingerprint density at radius 3 is 2.22 bits per heavy atom. The molecule has 206 valence electrons. The Morgan fingerprint density at radius 2 is 1.70 bits per heavy atom. The van der Waals surface area contributed by atoms with E-state index in [4.69, 9.17) is 9.84 Å². The summed E-state index contributed by atoms with van der Waals surface area (Å²) in [6.45, 7) is 18.0. The highest BCUT2D eigenvalue weighted by atomic mass is 16.5. The largest absolute Gasteiger partial charge is 0.478 e. The molecule has 0 aliphatic carbocycles. The first kappa shape index (κ1) is 33.7. The van der Waals surface area contributed by atoms with Crippen molar-refractivity contribution in [2.75, 3.05) is 0 Å². The number of hydrogen-bond donors (Lipinski definition) is 1. The van der Waals surface area contributed by atoms with E-state index >= 15 is 0 Å². The fraction of sp³-hybridized carbons (Fsp3) is 0.500. The first-order valence-electron chi connectivity index (χ1n) is 13.3. The van der Waals surface area contributed by atoms with Gasteiger partial charge in [-0.25, -0.2) is 14.3 Å². The zero-order valence-electron chi connectivity index (χ0n) is 23.9. The Morgan fingerprint density at radius 1 is 1.05 bits per heavy atom. The van der Waals surface area contributed by atoms with E-state index in [-0.39, 0.29) is 5.69 Å². The van der Waals surface area contributed by atoms with Gasteiger partial charge in [0, 0.05) is 19.5 Å². The normalized spacial score (nSPS) is 11.0. The van der Waals surface area contributed by atoms with Gasteiger partial charge in [-0.15, -0.1) is 0 Å². The van der Waals surface area contributed by atoms with Crippen molar-refractivity contribution in [3.8, 4) is 5.75 Å². The summed E-state index contributed by atoms with van der Waals surface area (Å²) in [4.78, 5) is 23.7. The molecule has 0 amide bonds. The molecule has 7 nitrogen and oxygen atoms in total. The molecule has 0 atom stereocenters. The summed E-state index contributed by atoms with van der Waals surface area (Å²) in [7, 11) is 0. The number of rotatable bonds is 13. The minimum atomic E-state index is -1.27. The van der Waals surface area contributed by atoms with Crippen LogP contribution in [0.4, 0.5) is 0 Å². The van der Waals surface area contributed by atoms with Crippen LogP contribution < -0.4 is 10.4 Å². The number of allylic oxidation sites excluding steroid dienone is 5. The van der Waals surface area contributed by atoms with E-state index in [2.05, 4.69) is 25.5 Å². The lowest BCUT2D eigenvalue weighted by Gasteiger charge is -2.21. The van der Waals surface area contributed by atoms with Crippen LogP contribution in [0.1, 0.15) is 79.1 Å². The zero-order chi connectivity index (χ0) is 28.3. The van der Waals surface area contributed by atoms with Crippen molar-refractivity contribution in [2.45, 2.75) is 99.3 Å². The Bertz CT molecular complexity index is 1030. The maximum absolute atomic E-state index is 12.5. The van der Waals surface area contributed by atoms with Crippen LogP contribution in [0.25, 0.3) is 0 Å². The van der Waals surface area contributed by atoms with Gasteiger partial charge in [-0.3, -0.25) is 4.57 Å². The van der Waals surface area contributed by atoms with Gasteiger partial charge in [0.2, 0.25) is 0 Å². The smallest absolute Gasteiger partial charge is 0.347 e. The van der Waals surface area contributed by atoms with Gasteiger partial charge in [-0.2, -0.15) is 5.10 Å². The molecule has 0 radical (unpaired) electrons. The predicted molar refractivity (Wildman–Crippen MR) is 153 cm³/mol. The van der Waals surface area contributed by atoms with E-state index in [1.54, 1.807) is 27.5 Å². The monoisotopic (exact) mass is 513 g/mol. The van der Waals surface area contributed by atoms with Crippen LogP contribution in [0.5, 0.6) is 5.75 Å². The molecular formula is C30H47N3O4. The highest BCUT2D eigenvalue weighted by Gasteiger charge is 2.29. The van der Waals surface area contributed by atoms with Crippen LogP contribution in [-0.4, -0.2) is 31.0 Å². The molecule has 0 saturated heterocycles. The Kier molecular flexibility index (Phi) is 17.1. The minimum Gasteiger partial charge on any atom is -0.478 e. The van der Waals surface area contributed by atoms with Crippen molar-refractivity contribution in [3.05, 3.63) is 83.1 Å². The number of carboxylic acids is 1. The van der Waals surface area contributed by atoms with Crippen molar-refractivity contribution in [2.24, 2.45) is 0 Å². The fourth-order valence-electron chi connectivity index (χ4n) is 3.15. The maximum atomic E-state index is 12.5. The summed E-state index contributed by atoms with van der Waals surface area (Å²) < 4.78 is 8.89. The molecule has 1 N–H and O–H groups in total. The third kappa shape index (κ3) is 12.4.